The molecule has 9 heteroatoms. The van der Waals surface area contributed by atoms with E-state index in [1.165, 1.54) is 0 Å². The molecule has 3 atom stereocenters. The van der Waals surface area contributed by atoms with Gasteiger partial charge >= 0.3 is 6.03 Å². The third-order valence-electron chi connectivity index (χ3n) is 7.27. The van der Waals surface area contributed by atoms with Crippen LogP contribution in [0.25, 0.3) is 11.3 Å². The van der Waals surface area contributed by atoms with E-state index in [1.54, 1.807) is 12.4 Å². The van der Waals surface area contributed by atoms with Crippen molar-refractivity contribution in [2.24, 2.45) is 0 Å². The van der Waals surface area contributed by atoms with Gasteiger partial charge in [-0.15, -0.1) is 0 Å². The summed E-state index contributed by atoms with van der Waals surface area (Å²) < 4.78 is 12.2. The third kappa shape index (κ3) is 4.53. The number of hydrogen-bond donors (Lipinski definition) is 1. The third-order valence-corrected chi connectivity index (χ3v) is 7.90. The number of pyridine rings is 1. The van der Waals surface area contributed by atoms with Crippen molar-refractivity contribution in [3.63, 3.8) is 0 Å². The molecule has 2 saturated heterocycles. The van der Waals surface area contributed by atoms with Crippen LogP contribution in [0.4, 0.5) is 10.5 Å². The van der Waals surface area contributed by atoms with Gasteiger partial charge in [-0.3, -0.25) is 4.98 Å². The second-order valence-corrected chi connectivity index (χ2v) is 10.4. The highest BCUT2D eigenvalue weighted by Crippen LogP contribution is 2.46. The minimum atomic E-state index is -0.0605. The van der Waals surface area contributed by atoms with Crippen LogP contribution >= 0.6 is 23.2 Å². The molecule has 2 aliphatic heterocycles. The lowest BCUT2D eigenvalue weighted by Crippen LogP contribution is -2.50. The number of amides is 2. The van der Waals surface area contributed by atoms with Crippen LogP contribution in [-0.2, 0) is 11.3 Å². The zero-order chi connectivity index (χ0) is 23.9. The first-order chi connectivity index (χ1) is 17.1. The summed E-state index contributed by atoms with van der Waals surface area (Å²) in [7, 11) is 0. The summed E-state index contributed by atoms with van der Waals surface area (Å²) in [6.45, 7) is 0.387. The molecular weight excluding hydrogens is 487 g/mol. The Morgan fingerprint density at radius 2 is 1.83 bits per heavy atom. The first-order valence-corrected chi connectivity index (χ1v) is 12.9. The molecule has 3 aliphatic rings. The molecule has 1 N–H and O–H groups in total. The number of benzene rings is 1. The van der Waals surface area contributed by atoms with Crippen LogP contribution in [0.15, 0.2) is 47.2 Å². The van der Waals surface area contributed by atoms with Crippen LogP contribution in [0.2, 0.25) is 10.0 Å². The fourth-order valence-corrected chi connectivity index (χ4v) is 6.05. The molecule has 182 valence electrons. The highest BCUT2D eigenvalue weighted by atomic mass is 35.5. The normalized spacial score (nSPS) is 23.5. The summed E-state index contributed by atoms with van der Waals surface area (Å²) in [5, 5.41) is 8.43. The smallest absolute Gasteiger partial charge is 0.322 e. The largest absolute Gasteiger partial charge is 0.373 e. The average molecular weight is 513 g/mol. The number of halogens is 2. The second-order valence-electron chi connectivity index (χ2n) is 9.61. The predicted molar refractivity (Wildman–Crippen MR) is 134 cm³/mol. The topological polar surface area (TPSA) is 80.5 Å². The maximum absolute atomic E-state index is 13.0. The molecule has 2 amide bonds. The summed E-state index contributed by atoms with van der Waals surface area (Å²) in [5.41, 5.74) is 3.00. The standard InChI is InChI=1S/C26H26Cl2N4O3/c27-21-4-1-5-22(28)23(21)24-20(25(35-31-24)15-6-7-15)14-34-19-11-17-8-9-18(12-19)32(17)26(33)30-16-3-2-10-29-13-16/h1-5,10,13,15,17-19H,6-9,11-12,14H2,(H,30,33)/t17-,18?,19?/m0/s1. The molecule has 1 aliphatic carbocycles. The zero-order valence-corrected chi connectivity index (χ0v) is 20.6. The number of carbonyl (C=O) groups is 1. The van der Waals surface area contributed by atoms with Crippen LogP contribution in [0, 0.1) is 0 Å². The van der Waals surface area contributed by atoms with E-state index in [1.807, 2.05) is 35.2 Å². The number of carbonyl (C=O) groups excluding carboxylic acids is 1. The molecule has 1 saturated carbocycles. The van der Waals surface area contributed by atoms with Gasteiger partial charge in [-0.2, -0.15) is 0 Å². The summed E-state index contributed by atoms with van der Waals surface area (Å²) in [6, 6.07) is 9.37. The van der Waals surface area contributed by atoms with Crippen LogP contribution < -0.4 is 5.32 Å². The van der Waals surface area contributed by atoms with E-state index in [0.29, 0.717) is 39.5 Å². The molecule has 0 radical (unpaired) electrons. The Kier molecular flexibility index (Phi) is 6.16. The van der Waals surface area contributed by atoms with E-state index >= 15 is 0 Å². The van der Waals surface area contributed by atoms with Gasteiger partial charge in [0.05, 0.1) is 34.6 Å². The summed E-state index contributed by atoms with van der Waals surface area (Å²) in [6.07, 6.45) is 9.20. The monoisotopic (exact) mass is 512 g/mol. The number of ether oxygens (including phenoxy) is 1. The van der Waals surface area contributed by atoms with E-state index in [4.69, 9.17) is 32.5 Å². The van der Waals surface area contributed by atoms with Gasteiger partial charge in [-0.25, -0.2) is 4.79 Å². The van der Waals surface area contributed by atoms with Crippen molar-refractivity contribution in [2.75, 3.05) is 5.32 Å². The van der Waals surface area contributed by atoms with Crippen molar-refractivity contribution in [1.82, 2.24) is 15.0 Å². The van der Waals surface area contributed by atoms with E-state index in [9.17, 15) is 4.79 Å². The minimum Gasteiger partial charge on any atom is -0.373 e. The van der Waals surface area contributed by atoms with Gasteiger partial charge in [-0.1, -0.05) is 34.4 Å². The SMILES string of the molecule is O=C(Nc1cccnc1)N1C2CC[C@H]1CC(OCc1c(-c3c(Cl)cccc3Cl)noc1C1CC1)C2. The Morgan fingerprint density at radius 3 is 2.49 bits per heavy atom. The summed E-state index contributed by atoms with van der Waals surface area (Å²) in [4.78, 5) is 19.0. The van der Waals surface area contributed by atoms with E-state index < -0.39 is 0 Å². The van der Waals surface area contributed by atoms with Crippen LogP contribution in [0.5, 0.6) is 0 Å². The van der Waals surface area contributed by atoms with Crippen LogP contribution in [0.1, 0.15) is 55.8 Å². The van der Waals surface area contributed by atoms with Gasteiger partial charge in [-0.05, 0) is 62.8 Å². The van der Waals surface area contributed by atoms with E-state index in [0.717, 1.165) is 49.8 Å². The number of hydrogen-bond acceptors (Lipinski definition) is 5. The number of urea groups is 1. The lowest BCUT2D eigenvalue weighted by Gasteiger charge is -2.38. The number of nitrogens with one attached hydrogen (secondary N) is 1. The Balaban J connectivity index is 1.16. The van der Waals surface area contributed by atoms with Crippen molar-refractivity contribution in [3.8, 4) is 11.3 Å². The minimum absolute atomic E-state index is 0.0605. The first-order valence-electron chi connectivity index (χ1n) is 12.1. The maximum atomic E-state index is 13.0. The van der Waals surface area contributed by atoms with Gasteiger partial charge in [0, 0.05) is 35.3 Å². The molecular formula is C26H26Cl2N4O3. The average Bonchev–Trinajstić information content (AvgIpc) is 3.55. The van der Waals surface area contributed by atoms with E-state index in [-0.39, 0.29) is 24.2 Å². The first kappa shape index (κ1) is 22.8. The Hall–Kier alpha value is -2.61. The molecule has 3 aromatic rings. The number of fused-ring (bicyclic) bond motifs is 2. The van der Waals surface area contributed by atoms with Gasteiger partial charge in [0.25, 0.3) is 0 Å². The molecule has 7 nitrogen and oxygen atoms in total. The number of piperidine rings is 1. The predicted octanol–water partition coefficient (Wildman–Crippen LogP) is 6.66. The fourth-order valence-electron chi connectivity index (χ4n) is 5.47. The summed E-state index contributed by atoms with van der Waals surface area (Å²) >= 11 is 13.0. The number of rotatable bonds is 6. The van der Waals surface area contributed by atoms with Crippen LogP contribution in [-0.4, -0.2) is 39.3 Å². The molecule has 3 fully saturated rings. The van der Waals surface area contributed by atoms with Crippen molar-refractivity contribution >= 4 is 34.9 Å². The molecule has 2 aromatic heterocycles. The molecule has 6 rings (SSSR count). The Labute approximate surface area is 213 Å². The van der Waals surface area contributed by atoms with Crippen molar-refractivity contribution in [1.29, 1.82) is 0 Å². The molecule has 4 heterocycles. The van der Waals surface area contributed by atoms with Crippen molar-refractivity contribution < 1.29 is 14.1 Å². The highest BCUT2D eigenvalue weighted by molar-refractivity contribution is 6.39. The van der Waals surface area contributed by atoms with Gasteiger partial charge in [0.15, 0.2) is 0 Å². The lowest BCUT2D eigenvalue weighted by atomic mass is 9.99. The quantitative estimate of drug-likeness (QED) is 0.399. The molecule has 1 aromatic carbocycles. The number of nitrogens with zero attached hydrogens (tertiary/aromatic N) is 3. The Morgan fingerprint density at radius 1 is 1.09 bits per heavy atom. The maximum Gasteiger partial charge on any atom is 0.322 e. The highest BCUT2D eigenvalue weighted by Gasteiger charge is 2.44. The number of anilines is 1. The summed E-state index contributed by atoms with van der Waals surface area (Å²) in [5.74, 6) is 1.26. The number of aromatic nitrogens is 2. The fraction of sp³-hybridized carbons (Fsp3) is 0.423. The van der Waals surface area contributed by atoms with Gasteiger partial charge in [0.2, 0.25) is 0 Å². The van der Waals surface area contributed by atoms with Crippen molar-refractivity contribution in [3.05, 3.63) is 64.1 Å². The molecule has 35 heavy (non-hydrogen) atoms. The van der Waals surface area contributed by atoms with E-state index in [2.05, 4.69) is 15.5 Å². The Bertz CT molecular complexity index is 1200. The van der Waals surface area contributed by atoms with Gasteiger partial charge in [0.1, 0.15) is 11.5 Å². The molecule has 2 bridgehead atoms. The zero-order valence-electron chi connectivity index (χ0n) is 19.1. The second kappa shape index (κ2) is 9.45. The van der Waals surface area contributed by atoms with Crippen molar-refractivity contribution in [2.45, 2.75) is 69.2 Å². The molecule has 0 spiro atoms. The lowest BCUT2D eigenvalue weighted by molar-refractivity contribution is -0.0158. The molecule has 2 unspecified atom stereocenters. The van der Waals surface area contributed by atoms with Crippen LogP contribution in [0.3, 0.4) is 0 Å². The van der Waals surface area contributed by atoms with Gasteiger partial charge < -0.3 is 19.5 Å².